The van der Waals surface area contributed by atoms with Gasteiger partial charge in [0, 0.05) is 86.9 Å². The van der Waals surface area contributed by atoms with Gasteiger partial charge < -0.3 is 25.4 Å². The van der Waals surface area contributed by atoms with E-state index >= 15 is 0 Å². The van der Waals surface area contributed by atoms with Crippen molar-refractivity contribution in [2.75, 3.05) is 110 Å². The molecule has 456 valence electrons. The molecule has 0 bridgehead atoms. The van der Waals surface area contributed by atoms with Crippen molar-refractivity contribution in [3.05, 3.63) is 157 Å². The smallest absolute Gasteiger partial charge is 0.327 e. The highest BCUT2D eigenvalue weighted by molar-refractivity contribution is 7.93. The van der Waals surface area contributed by atoms with E-state index in [9.17, 15) is 40.8 Å². The summed E-state index contributed by atoms with van der Waals surface area (Å²) in [5.74, 6) is -3.72. The van der Waals surface area contributed by atoms with Crippen molar-refractivity contribution in [2.24, 2.45) is 0 Å². The number of aryl methyl sites for hydroxylation is 2. The molecule has 0 unspecified atom stereocenters. The van der Waals surface area contributed by atoms with E-state index in [1.165, 1.54) is 66.7 Å². The number of aromatic nitrogens is 2. The minimum Gasteiger partial charge on any atom is -0.379 e. The minimum absolute atomic E-state index is 0.00843. The largest absolute Gasteiger partial charge is 0.379 e. The molecule has 6 aromatic rings. The van der Waals surface area contributed by atoms with Gasteiger partial charge in [0.05, 0.1) is 53.3 Å². The zero-order valence-corrected chi connectivity index (χ0v) is 48.9. The van der Waals surface area contributed by atoms with E-state index in [1.807, 2.05) is 39.9 Å². The minimum atomic E-state index is -4.09. The topological polar surface area (TPSA) is 316 Å². The van der Waals surface area contributed by atoms with Crippen molar-refractivity contribution in [1.29, 1.82) is 0 Å². The summed E-state index contributed by atoms with van der Waals surface area (Å²) in [5, 5.41) is 7.99. The maximum Gasteiger partial charge on any atom is 0.327 e. The average Bonchev–Trinajstić information content (AvgIpc) is 3.71. The summed E-state index contributed by atoms with van der Waals surface area (Å²) < 4.78 is 73.2. The van der Waals surface area contributed by atoms with Crippen LogP contribution in [0, 0.1) is 0 Å². The second-order valence-corrected chi connectivity index (χ2v) is 23.4. The molecule has 2 aliphatic heterocycles. The number of nitrogens with one attached hydrogen (secondary N) is 10. The summed E-state index contributed by atoms with van der Waals surface area (Å²) >= 11 is 0. The van der Waals surface area contributed by atoms with Crippen molar-refractivity contribution in [3.8, 4) is 0 Å². The molecule has 10 N–H and O–H groups in total. The molecule has 4 heterocycles. The summed E-state index contributed by atoms with van der Waals surface area (Å²) in [6.45, 7) is 9.90. The molecule has 28 heteroatoms. The van der Waals surface area contributed by atoms with Gasteiger partial charge >= 0.3 is 23.6 Å². The summed E-state index contributed by atoms with van der Waals surface area (Å²) in [5.41, 5.74) is 16.1. The number of benzene rings is 4. The third kappa shape index (κ3) is 20.5. The maximum absolute atomic E-state index is 13.4. The molecule has 0 radical (unpaired) electrons. The molecule has 2 fully saturated rings. The first-order chi connectivity index (χ1) is 41.6. The third-order valence-corrected chi connectivity index (χ3v) is 16.3. The quantitative estimate of drug-likeness (QED) is 0.0140. The first kappa shape index (κ1) is 63.3. The van der Waals surface area contributed by atoms with Crippen LogP contribution in [0.2, 0.25) is 0 Å². The molecule has 2 saturated heterocycles. The predicted molar refractivity (Wildman–Crippen MR) is 320 cm³/mol. The van der Waals surface area contributed by atoms with Crippen LogP contribution in [0.5, 0.6) is 0 Å². The van der Waals surface area contributed by atoms with Crippen LogP contribution in [-0.2, 0) is 73.2 Å². The lowest BCUT2D eigenvalue weighted by atomic mass is 10.2. The van der Waals surface area contributed by atoms with Gasteiger partial charge in [0.15, 0.2) is 24.8 Å². The van der Waals surface area contributed by atoms with Gasteiger partial charge in [0.25, 0.3) is 26.0 Å². The molecular weight excluding hydrogens is 1150 g/mol. The zero-order valence-electron chi connectivity index (χ0n) is 47.3. The van der Waals surface area contributed by atoms with Gasteiger partial charge in [-0.05, 0) is 123 Å². The van der Waals surface area contributed by atoms with E-state index in [0.717, 1.165) is 57.7 Å². The van der Waals surface area contributed by atoms with Crippen LogP contribution in [0.1, 0.15) is 41.6 Å². The van der Waals surface area contributed by atoms with Crippen molar-refractivity contribution in [1.82, 2.24) is 31.3 Å². The highest BCUT2D eigenvalue weighted by atomic mass is 32.2. The molecule has 0 saturated carbocycles. The predicted octanol–water partition coefficient (Wildman–Crippen LogP) is 2.70. The number of carbonyl (C=O) groups excluding carboxylic acids is 5. The van der Waals surface area contributed by atoms with Crippen LogP contribution in [-0.4, -0.2) is 135 Å². The Labute approximate surface area is 499 Å². The Morgan fingerprint density at radius 2 is 0.965 bits per heavy atom. The van der Waals surface area contributed by atoms with Gasteiger partial charge in [0.1, 0.15) is 25.3 Å². The van der Waals surface area contributed by atoms with E-state index < -0.39 is 49.6 Å². The van der Waals surface area contributed by atoms with Crippen LogP contribution >= 0.6 is 0 Å². The Hall–Kier alpha value is -8.77. The van der Waals surface area contributed by atoms with Gasteiger partial charge in [0.2, 0.25) is 0 Å². The Balaban J connectivity index is 0.711. The third-order valence-electron chi connectivity index (χ3n) is 13.5. The van der Waals surface area contributed by atoms with Gasteiger partial charge in [-0.1, -0.05) is 12.1 Å². The number of hydrogen-bond donors (Lipinski definition) is 10. The van der Waals surface area contributed by atoms with Crippen LogP contribution in [0.3, 0.4) is 0 Å². The molecule has 0 aliphatic carbocycles. The number of pyridine rings is 2. The van der Waals surface area contributed by atoms with E-state index in [1.54, 1.807) is 48.7 Å². The fourth-order valence-electron chi connectivity index (χ4n) is 8.92. The zero-order chi connectivity index (χ0) is 60.6. The number of carbonyl (C=O) groups is 5. The van der Waals surface area contributed by atoms with Gasteiger partial charge in [-0.2, -0.15) is 0 Å². The standard InChI is InChI=1S/C58H70N14O12S2/c73-54(61-50-11-3-13-52(39-50)85(78,79)67-48-19-15-46(16-20-48)62-64-57(76)55(74)59-23-7-29-69-31-35-82-36-32-69)45-10-6-28-72(42-45)26-2-1-25-71-27-5-9-44(41-71)43-84-66-51-12-4-14-53(40-51)86(80,81)68-49-21-17-47(18-22-49)63-65-58(77)56(75)60-24-8-30-70-33-37-83-38-34-70/h3-6,9-22,27-28,39-42,66H,1-2,7-8,23-26,29-38,43H2,(H7-2,59,60,61,62,63,64,65,67,68,73,74,75,76,77)/p+2. The first-order valence-corrected chi connectivity index (χ1v) is 31.0. The molecule has 0 atom stereocenters. The number of unbranched alkanes of at least 4 members (excludes halogenated alkanes) is 1. The Bertz CT molecular complexity index is 3480. The molecule has 2 aromatic heterocycles. The normalized spacial score (nSPS) is 13.8. The second kappa shape index (κ2) is 31.9. The molecular formula is C58H72N14O12S2+2. The number of nitrogens with zero attached hydrogens (tertiary/aromatic N) is 4. The van der Waals surface area contributed by atoms with Crippen LogP contribution in [0.4, 0.5) is 34.1 Å². The number of hydrogen-bond acceptors (Lipinski definition) is 17. The van der Waals surface area contributed by atoms with Gasteiger partial charge in [-0.25, -0.2) is 26.0 Å². The van der Waals surface area contributed by atoms with E-state index in [-0.39, 0.29) is 33.5 Å². The highest BCUT2D eigenvalue weighted by Gasteiger charge is 2.21. The lowest BCUT2D eigenvalue weighted by Gasteiger charge is -2.26. The van der Waals surface area contributed by atoms with Crippen molar-refractivity contribution in [2.45, 2.75) is 55.2 Å². The second-order valence-electron chi connectivity index (χ2n) is 20.0. The van der Waals surface area contributed by atoms with Gasteiger partial charge in [-0.15, -0.1) is 0 Å². The molecule has 2 aliphatic rings. The van der Waals surface area contributed by atoms with E-state index in [0.29, 0.717) is 88.1 Å². The number of rotatable bonds is 29. The molecule has 8 rings (SSSR count). The fourth-order valence-corrected chi connectivity index (χ4v) is 11.1. The Morgan fingerprint density at radius 3 is 1.49 bits per heavy atom. The first-order valence-electron chi connectivity index (χ1n) is 28.0. The summed E-state index contributed by atoms with van der Waals surface area (Å²) in [6, 6.07) is 31.4. The lowest BCUT2D eigenvalue weighted by Crippen LogP contribution is -2.43. The summed E-state index contributed by atoms with van der Waals surface area (Å²) in [4.78, 5) is 72.6. The molecule has 0 spiro atoms. The van der Waals surface area contributed by atoms with Crippen LogP contribution in [0.25, 0.3) is 0 Å². The van der Waals surface area contributed by atoms with Crippen LogP contribution in [0.15, 0.2) is 156 Å². The number of morpholine rings is 2. The number of ether oxygens (including phenoxy) is 2. The number of amides is 5. The fraction of sp³-hybridized carbons (Fsp3) is 0.328. The van der Waals surface area contributed by atoms with Crippen LogP contribution < -0.4 is 61.7 Å². The Morgan fingerprint density at radius 1 is 0.500 bits per heavy atom. The number of anilines is 6. The number of hydrazine groups is 2. The maximum atomic E-state index is 13.4. The Kier molecular flexibility index (Phi) is 23.5. The SMILES string of the molecule is O=C(NCCCN1CCOCC1)C(=O)NNc1ccc(NS(=O)(=O)c2cccc(NOCc3ccc[n+](CCCC[n+]4cccc(C(=O)Nc5cccc(S(=O)(=O)Nc6ccc(NNC(=O)C(=O)NCCCN7CCOCC7)cc6)c5)c4)c3)c2)cc1. The average molecular weight is 1220 g/mol. The van der Waals surface area contributed by atoms with Gasteiger partial charge in [-0.3, -0.25) is 75.2 Å². The molecule has 4 aromatic carbocycles. The summed E-state index contributed by atoms with van der Waals surface area (Å²) in [6.07, 6.45) is 10.5. The van der Waals surface area contributed by atoms with Crippen molar-refractivity contribution in [3.63, 3.8) is 0 Å². The highest BCUT2D eigenvalue weighted by Crippen LogP contribution is 2.23. The molecule has 86 heavy (non-hydrogen) atoms. The molecule has 5 amide bonds. The van der Waals surface area contributed by atoms with Crippen molar-refractivity contribution < 1.29 is 64.3 Å². The van der Waals surface area contributed by atoms with E-state index in [4.69, 9.17) is 14.3 Å². The monoisotopic (exact) mass is 1220 g/mol. The molecule has 26 nitrogen and oxygen atoms in total. The number of sulfonamides is 2. The summed E-state index contributed by atoms with van der Waals surface area (Å²) in [7, 11) is -8.09. The lowest BCUT2D eigenvalue weighted by molar-refractivity contribution is -0.708. The van der Waals surface area contributed by atoms with Crippen molar-refractivity contribution >= 4 is 83.7 Å². The van der Waals surface area contributed by atoms with E-state index in [2.05, 4.69) is 62.4 Å².